The number of hydrogen-bond donors (Lipinski definition) is 0. The highest BCUT2D eigenvalue weighted by molar-refractivity contribution is 5.95. The van der Waals surface area contributed by atoms with Gasteiger partial charge in [-0.2, -0.15) is 5.26 Å². The number of nitriles is 1. The summed E-state index contributed by atoms with van der Waals surface area (Å²) in [5.74, 6) is -1.35. The molecule has 0 aliphatic heterocycles. The number of carbonyl (C=O) groups excluding carboxylic acids is 2. The Morgan fingerprint density at radius 3 is 2.62 bits per heavy atom. The molecule has 1 aliphatic rings. The van der Waals surface area contributed by atoms with Crippen LogP contribution in [0.5, 0.6) is 11.5 Å². The van der Waals surface area contributed by atoms with Crippen molar-refractivity contribution in [2.24, 2.45) is 5.92 Å². The van der Waals surface area contributed by atoms with Gasteiger partial charge in [0.1, 0.15) is 6.07 Å². The van der Waals surface area contributed by atoms with E-state index in [9.17, 15) is 14.7 Å². The van der Waals surface area contributed by atoms with E-state index >= 15 is 0 Å². The van der Waals surface area contributed by atoms with Crippen molar-refractivity contribution in [3.63, 3.8) is 0 Å². The van der Waals surface area contributed by atoms with Gasteiger partial charge in [0.25, 0.3) is 0 Å². The zero-order chi connectivity index (χ0) is 15.4. The van der Waals surface area contributed by atoms with Crippen LogP contribution >= 0.6 is 0 Å². The van der Waals surface area contributed by atoms with Gasteiger partial charge in [0.15, 0.2) is 11.5 Å². The van der Waals surface area contributed by atoms with Crippen LogP contribution in [-0.4, -0.2) is 19.0 Å². The average Bonchev–Trinajstić information content (AvgIpc) is 3.30. The highest BCUT2D eigenvalue weighted by Crippen LogP contribution is 2.34. The van der Waals surface area contributed by atoms with Crippen LogP contribution in [0.25, 0.3) is 6.08 Å². The zero-order valence-corrected chi connectivity index (χ0v) is 11.3. The number of carboxylic acid groups (broad SMARTS) is 1. The van der Waals surface area contributed by atoms with Crippen LogP contribution in [-0.2, 0) is 9.59 Å². The first-order valence-corrected chi connectivity index (χ1v) is 6.28. The summed E-state index contributed by atoms with van der Waals surface area (Å²) >= 11 is 0. The Morgan fingerprint density at radius 2 is 2.10 bits per heavy atom. The molecule has 1 aromatic rings. The van der Waals surface area contributed by atoms with E-state index in [2.05, 4.69) is 0 Å². The minimum atomic E-state index is -1.55. The molecule has 1 aliphatic carbocycles. The molecule has 0 aromatic heterocycles. The largest absolute Gasteiger partial charge is 0.544 e. The monoisotopic (exact) mass is 286 g/mol. The lowest BCUT2D eigenvalue weighted by Gasteiger charge is -2.10. The topological polar surface area (TPSA) is 99.4 Å². The van der Waals surface area contributed by atoms with E-state index in [1.54, 1.807) is 0 Å². The predicted molar refractivity (Wildman–Crippen MR) is 70.0 cm³/mol. The summed E-state index contributed by atoms with van der Waals surface area (Å²) in [4.78, 5) is 22.3. The Balaban J connectivity index is 2.25. The maximum Gasteiger partial charge on any atom is 0.314 e. The van der Waals surface area contributed by atoms with Crippen LogP contribution < -0.4 is 14.6 Å². The van der Waals surface area contributed by atoms with Gasteiger partial charge in [0.2, 0.25) is 0 Å². The van der Waals surface area contributed by atoms with Gasteiger partial charge < -0.3 is 19.4 Å². The quantitative estimate of drug-likeness (QED) is 0.341. The van der Waals surface area contributed by atoms with E-state index in [4.69, 9.17) is 14.7 Å². The lowest BCUT2D eigenvalue weighted by Crippen LogP contribution is -2.23. The number of ether oxygens (including phenoxy) is 2. The third kappa shape index (κ3) is 3.60. The summed E-state index contributed by atoms with van der Waals surface area (Å²) in [7, 11) is 1.40. The number of benzene rings is 1. The first kappa shape index (κ1) is 14.6. The molecular weight excluding hydrogens is 274 g/mol. The molecule has 0 N–H and O–H groups in total. The van der Waals surface area contributed by atoms with Crippen molar-refractivity contribution in [3.05, 3.63) is 29.3 Å². The minimum Gasteiger partial charge on any atom is -0.544 e. The number of esters is 1. The molecule has 2 rings (SSSR count). The van der Waals surface area contributed by atoms with Crippen molar-refractivity contribution in [3.8, 4) is 17.6 Å². The lowest BCUT2D eigenvalue weighted by atomic mass is 10.1. The van der Waals surface area contributed by atoms with Crippen LogP contribution in [0.2, 0.25) is 0 Å². The fourth-order valence-corrected chi connectivity index (χ4v) is 1.67. The molecule has 1 saturated carbocycles. The molecule has 0 radical (unpaired) electrons. The standard InChI is InChI=1S/C15H13NO5/c1-20-13-7-9(6-11(8-16)14(17)18)2-5-12(13)21-15(19)10-3-4-10/h2,5-7,10H,3-4H2,1H3,(H,17,18)/p-1/b11-6+. The highest BCUT2D eigenvalue weighted by atomic mass is 16.6. The van der Waals surface area contributed by atoms with E-state index in [0.717, 1.165) is 18.9 Å². The molecule has 21 heavy (non-hydrogen) atoms. The minimum absolute atomic E-state index is 0.0439. The molecule has 0 saturated heterocycles. The van der Waals surface area contributed by atoms with Crippen LogP contribution in [0.4, 0.5) is 0 Å². The van der Waals surface area contributed by atoms with Crippen LogP contribution in [0.3, 0.4) is 0 Å². The number of carbonyl (C=O) groups is 2. The number of nitrogens with zero attached hydrogens (tertiary/aromatic N) is 1. The smallest absolute Gasteiger partial charge is 0.314 e. The maximum absolute atomic E-state index is 11.6. The third-order valence-electron chi connectivity index (χ3n) is 2.96. The summed E-state index contributed by atoms with van der Waals surface area (Å²) in [6.45, 7) is 0. The molecule has 0 atom stereocenters. The van der Waals surface area contributed by atoms with Crippen LogP contribution in [0, 0.1) is 17.2 Å². The molecule has 0 unspecified atom stereocenters. The van der Waals surface area contributed by atoms with Gasteiger partial charge in [-0.05, 0) is 36.6 Å². The number of hydrogen-bond acceptors (Lipinski definition) is 6. The Kier molecular flexibility index (Phi) is 4.24. The first-order valence-electron chi connectivity index (χ1n) is 6.28. The molecule has 0 heterocycles. The average molecular weight is 286 g/mol. The van der Waals surface area contributed by atoms with E-state index in [1.807, 2.05) is 0 Å². The Labute approximate surface area is 121 Å². The summed E-state index contributed by atoms with van der Waals surface area (Å²) < 4.78 is 10.3. The molecule has 0 amide bonds. The van der Waals surface area contributed by atoms with E-state index in [0.29, 0.717) is 5.56 Å². The van der Waals surface area contributed by atoms with Gasteiger partial charge in [-0.3, -0.25) is 4.79 Å². The summed E-state index contributed by atoms with van der Waals surface area (Å²) in [5.41, 5.74) is -0.0707. The second kappa shape index (κ2) is 6.09. The van der Waals surface area contributed by atoms with E-state index in [1.165, 1.54) is 31.4 Å². The lowest BCUT2D eigenvalue weighted by molar-refractivity contribution is -0.298. The van der Waals surface area contributed by atoms with Gasteiger partial charge in [0, 0.05) is 0 Å². The SMILES string of the molecule is COc1cc(/C=C(\C#N)C(=O)[O-])ccc1OC(=O)C1CC1. The van der Waals surface area contributed by atoms with Crippen molar-refractivity contribution in [2.45, 2.75) is 12.8 Å². The van der Waals surface area contributed by atoms with Crippen molar-refractivity contribution in [1.82, 2.24) is 0 Å². The Morgan fingerprint density at radius 1 is 1.38 bits per heavy atom. The van der Waals surface area contributed by atoms with E-state index < -0.39 is 11.5 Å². The van der Waals surface area contributed by atoms with Crippen molar-refractivity contribution < 1.29 is 24.2 Å². The van der Waals surface area contributed by atoms with Crippen LogP contribution in [0.1, 0.15) is 18.4 Å². The van der Waals surface area contributed by atoms with Gasteiger partial charge in [-0.15, -0.1) is 0 Å². The molecule has 6 nitrogen and oxygen atoms in total. The number of aliphatic carboxylic acids is 1. The fraction of sp³-hybridized carbons (Fsp3) is 0.267. The molecule has 1 fully saturated rings. The normalized spacial score (nSPS) is 14.2. The van der Waals surface area contributed by atoms with Crippen molar-refractivity contribution >= 4 is 18.0 Å². The predicted octanol–water partition coefficient (Wildman–Crippen LogP) is 0.667. The third-order valence-corrected chi connectivity index (χ3v) is 2.96. The fourth-order valence-electron chi connectivity index (χ4n) is 1.67. The molecule has 108 valence electrons. The summed E-state index contributed by atoms with van der Waals surface area (Å²) in [6.07, 6.45) is 2.82. The number of methoxy groups -OCH3 is 1. The van der Waals surface area contributed by atoms with Gasteiger partial charge in [-0.1, -0.05) is 6.07 Å². The molecule has 0 spiro atoms. The zero-order valence-electron chi connectivity index (χ0n) is 11.3. The molecule has 1 aromatic carbocycles. The number of carboxylic acids is 1. The molecule has 6 heteroatoms. The first-order chi connectivity index (χ1) is 10.0. The van der Waals surface area contributed by atoms with Gasteiger partial charge in [0.05, 0.1) is 24.6 Å². The van der Waals surface area contributed by atoms with Crippen molar-refractivity contribution in [2.75, 3.05) is 7.11 Å². The molecular formula is C15H12NO5-. The van der Waals surface area contributed by atoms with E-state index in [-0.39, 0.29) is 23.4 Å². The highest BCUT2D eigenvalue weighted by Gasteiger charge is 2.32. The van der Waals surface area contributed by atoms with Crippen molar-refractivity contribution in [1.29, 1.82) is 5.26 Å². The van der Waals surface area contributed by atoms with Crippen LogP contribution in [0.15, 0.2) is 23.8 Å². The summed E-state index contributed by atoms with van der Waals surface area (Å²) in [6, 6.07) is 6.03. The maximum atomic E-state index is 11.6. The van der Waals surface area contributed by atoms with Gasteiger partial charge in [-0.25, -0.2) is 0 Å². The Hall–Kier alpha value is -2.81. The Bertz CT molecular complexity index is 653. The van der Waals surface area contributed by atoms with Gasteiger partial charge >= 0.3 is 5.97 Å². The second-order valence-electron chi connectivity index (χ2n) is 4.56. The molecule has 0 bridgehead atoms. The summed E-state index contributed by atoms with van der Waals surface area (Å²) in [5, 5.41) is 19.4. The number of rotatable bonds is 5. The second-order valence-corrected chi connectivity index (χ2v) is 4.56.